The molecule has 0 saturated heterocycles. The van der Waals surface area contributed by atoms with E-state index in [1.807, 2.05) is 6.07 Å². The van der Waals surface area contributed by atoms with Crippen LogP contribution in [0.4, 0.5) is 17.3 Å². The third kappa shape index (κ3) is 4.07. The summed E-state index contributed by atoms with van der Waals surface area (Å²) in [6.07, 6.45) is 0. The highest BCUT2D eigenvalue weighted by molar-refractivity contribution is 6.50. The Balaban J connectivity index is 1.66. The highest BCUT2D eigenvalue weighted by Crippen LogP contribution is 2.41. The molecule has 4 aromatic rings. The second-order valence-electron chi connectivity index (χ2n) is 8.67. The molecule has 2 heterocycles. The number of carbonyl (C=O) groups excluding carboxylic acids is 4. The molecule has 0 spiro atoms. The van der Waals surface area contributed by atoms with Crippen LogP contribution in [0.2, 0.25) is 0 Å². The minimum absolute atomic E-state index is 0.158. The molecule has 1 aliphatic rings. The number of para-hydroxylation sites is 4. The lowest BCUT2D eigenvalue weighted by Crippen LogP contribution is -2.55. The number of amides is 2. The molecular formula is C28H23N5O5. The lowest BCUT2D eigenvalue weighted by Gasteiger charge is -2.34. The predicted octanol–water partition coefficient (Wildman–Crippen LogP) is 3.42. The van der Waals surface area contributed by atoms with Crippen molar-refractivity contribution in [3.8, 4) is 0 Å². The van der Waals surface area contributed by atoms with E-state index in [1.165, 1.54) is 6.92 Å². The van der Waals surface area contributed by atoms with E-state index in [4.69, 9.17) is 4.74 Å². The lowest BCUT2D eigenvalue weighted by molar-refractivity contribution is -0.146. The van der Waals surface area contributed by atoms with Gasteiger partial charge in [0, 0.05) is 11.4 Å². The Kier molecular flexibility index (Phi) is 6.21. The van der Waals surface area contributed by atoms with E-state index in [0.717, 1.165) is 12.0 Å². The van der Waals surface area contributed by atoms with Gasteiger partial charge in [0.2, 0.25) is 5.95 Å². The Morgan fingerprint density at radius 2 is 1.55 bits per heavy atom. The second-order valence-corrected chi connectivity index (χ2v) is 8.67. The standard InChI is InChI=1S/C28H23N5O5/c1-28(26(37)38-2)21(23(34)24(35)29-17-11-5-3-6-12-17)22(25(36)33(28)18-13-7-4-8-14-18)32-27-30-19-15-9-10-16-20(19)31-27/h3-16H,1-2H3,(H,29,35)(H2,30,31,32). The first kappa shape index (κ1) is 24.4. The number of anilines is 3. The van der Waals surface area contributed by atoms with E-state index < -0.39 is 29.1 Å². The van der Waals surface area contributed by atoms with Gasteiger partial charge in [0.15, 0.2) is 5.54 Å². The van der Waals surface area contributed by atoms with Crippen LogP contribution in [0.3, 0.4) is 0 Å². The largest absolute Gasteiger partial charge is 0.467 e. The van der Waals surface area contributed by atoms with Gasteiger partial charge in [-0.2, -0.15) is 0 Å². The van der Waals surface area contributed by atoms with Crippen LogP contribution in [0.5, 0.6) is 0 Å². The van der Waals surface area contributed by atoms with E-state index in [0.29, 0.717) is 22.4 Å². The first-order chi connectivity index (χ1) is 18.3. The summed E-state index contributed by atoms with van der Waals surface area (Å²) in [5.74, 6) is -3.54. The first-order valence-electron chi connectivity index (χ1n) is 11.7. The van der Waals surface area contributed by atoms with E-state index >= 15 is 0 Å². The molecule has 38 heavy (non-hydrogen) atoms. The monoisotopic (exact) mass is 509 g/mol. The molecule has 1 atom stereocenters. The zero-order chi connectivity index (χ0) is 26.9. The Morgan fingerprint density at radius 1 is 0.921 bits per heavy atom. The normalized spacial score (nSPS) is 17.0. The average Bonchev–Trinajstić information content (AvgIpc) is 3.44. The fourth-order valence-corrected chi connectivity index (χ4v) is 4.53. The second kappa shape index (κ2) is 9.66. The van der Waals surface area contributed by atoms with Gasteiger partial charge in [0.05, 0.1) is 23.7 Å². The molecular weight excluding hydrogens is 486 g/mol. The molecule has 1 unspecified atom stereocenters. The number of esters is 1. The van der Waals surface area contributed by atoms with E-state index in [2.05, 4.69) is 20.6 Å². The smallest absolute Gasteiger partial charge is 0.336 e. The quantitative estimate of drug-likeness (QED) is 0.257. The van der Waals surface area contributed by atoms with Crippen molar-refractivity contribution in [2.75, 3.05) is 22.6 Å². The summed E-state index contributed by atoms with van der Waals surface area (Å²) in [6, 6.07) is 23.9. The van der Waals surface area contributed by atoms with Crippen molar-refractivity contribution in [2.24, 2.45) is 0 Å². The maximum absolute atomic E-state index is 13.9. The van der Waals surface area contributed by atoms with Gasteiger partial charge in [0.25, 0.3) is 17.6 Å². The fraction of sp³-hybridized carbons (Fsp3) is 0.107. The minimum atomic E-state index is -1.97. The molecule has 3 aromatic carbocycles. The molecule has 10 heteroatoms. The first-order valence-corrected chi connectivity index (χ1v) is 11.7. The van der Waals surface area contributed by atoms with Crippen LogP contribution in [0, 0.1) is 0 Å². The summed E-state index contributed by atoms with van der Waals surface area (Å²) in [7, 11) is 1.15. The van der Waals surface area contributed by atoms with Gasteiger partial charge in [-0.05, 0) is 43.3 Å². The molecule has 0 bridgehead atoms. The summed E-state index contributed by atoms with van der Waals surface area (Å²) in [6.45, 7) is 1.38. The molecule has 1 aromatic heterocycles. The summed E-state index contributed by atoms with van der Waals surface area (Å²) < 4.78 is 5.06. The van der Waals surface area contributed by atoms with Crippen molar-refractivity contribution in [3.63, 3.8) is 0 Å². The number of nitrogens with one attached hydrogen (secondary N) is 3. The number of nitrogens with zero attached hydrogens (tertiary/aromatic N) is 2. The number of benzene rings is 3. The van der Waals surface area contributed by atoms with Crippen molar-refractivity contribution >= 4 is 51.9 Å². The fourth-order valence-electron chi connectivity index (χ4n) is 4.53. The van der Waals surface area contributed by atoms with Crippen LogP contribution in [0.15, 0.2) is 96.2 Å². The maximum Gasteiger partial charge on any atom is 0.336 e. The SMILES string of the molecule is COC(=O)C1(C)C(C(=O)C(=O)Nc2ccccc2)=C(Nc2nc3ccccc3[nH]2)C(=O)N1c1ccccc1. The number of ketones is 1. The number of fused-ring (bicyclic) bond motifs is 1. The van der Waals surface area contributed by atoms with Gasteiger partial charge in [-0.15, -0.1) is 0 Å². The number of aromatic nitrogens is 2. The molecule has 10 nitrogen and oxygen atoms in total. The average molecular weight is 510 g/mol. The number of ether oxygens (including phenoxy) is 1. The Bertz CT molecular complexity index is 1560. The number of carbonyl (C=O) groups is 4. The summed E-state index contributed by atoms with van der Waals surface area (Å²) in [5, 5.41) is 5.41. The van der Waals surface area contributed by atoms with Gasteiger partial charge in [-0.25, -0.2) is 9.78 Å². The molecule has 0 fully saturated rings. The number of imidazole rings is 1. The third-order valence-electron chi connectivity index (χ3n) is 6.30. The Morgan fingerprint density at radius 3 is 2.21 bits per heavy atom. The third-order valence-corrected chi connectivity index (χ3v) is 6.30. The van der Waals surface area contributed by atoms with Gasteiger partial charge in [-0.3, -0.25) is 19.3 Å². The molecule has 2 amide bonds. The van der Waals surface area contributed by atoms with Gasteiger partial charge < -0.3 is 20.4 Å². The molecule has 1 aliphatic heterocycles. The van der Waals surface area contributed by atoms with E-state index in [-0.39, 0.29) is 17.2 Å². The lowest BCUT2D eigenvalue weighted by atomic mass is 9.88. The number of hydrogen-bond donors (Lipinski definition) is 3. The zero-order valence-electron chi connectivity index (χ0n) is 20.5. The number of Topliss-reactive ketones (excluding diaryl/α,β-unsaturated/α-hetero) is 1. The van der Waals surface area contributed by atoms with Crippen molar-refractivity contribution < 1.29 is 23.9 Å². The van der Waals surface area contributed by atoms with Crippen LogP contribution in [-0.2, 0) is 23.9 Å². The number of H-pyrrole nitrogens is 1. The summed E-state index contributed by atoms with van der Waals surface area (Å²) in [4.78, 5) is 62.8. The number of aromatic amines is 1. The maximum atomic E-state index is 13.9. The van der Waals surface area contributed by atoms with Crippen molar-refractivity contribution in [1.29, 1.82) is 0 Å². The van der Waals surface area contributed by atoms with Crippen LogP contribution >= 0.6 is 0 Å². The zero-order valence-corrected chi connectivity index (χ0v) is 20.5. The van der Waals surface area contributed by atoms with E-state index in [1.54, 1.807) is 78.9 Å². The molecule has 0 aliphatic carbocycles. The molecule has 5 rings (SSSR count). The highest BCUT2D eigenvalue weighted by Gasteiger charge is 2.58. The molecule has 3 N–H and O–H groups in total. The molecule has 0 saturated carbocycles. The van der Waals surface area contributed by atoms with Crippen LogP contribution in [-0.4, -0.2) is 46.2 Å². The van der Waals surface area contributed by atoms with E-state index in [9.17, 15) is 19.2 Å². The van der Waals surface area contributed by atoms with Crippen molar-refractivity contribution in [2.45, 2.75) is 12.5 Å². The number of rotatable bonds is 7. The van der Waals surface area contributed by atoms with Crippen LogP contribution < -0.4 is 15.5 Å². The number of hydrogen-bond acceptors (Lipinski definition) is 7. The minimum Gasteiger partial charge on any atom is -0.467 e. The van der Waals surface area contributed by atoms with Gasteiger partial charge in [0.1, 0.15) is 5.70 Å². The Labute approximate surface area is 217 Å². The number of methoxy groups -OCH3 is 1. The Hall–Kier alpha value is -5.25. The highest BCUT2D eigenvalue weighted by atomic mass is 16.5. The van der Waals surface area contributed by atoms with Crippen LogP contribution in [0.1, 0.15) is 6.92 Å². The predicted molar refractivity (Wildman–Crippen MR) is 141 cm³/mol. The van der Waals surface area contributed by atoms with Gasteiger partial charge >= 0.3 is 5.97 Å². The van der Waals surface area contributed by atoms with Crippen LogP contribution in [0.25, 0.3) is 11.0 Å². The molecule has 0 radical (unpaired) electrons. The molecule has 190 valence electrons. The van der Waals surface area contributed by atoms with Crippen molar-refractivity contribution in [3.05, 3.63) is 96.2 Å². The summed E-state index contributed by atoms with van der Waals surface area (Å²) in [5.41, 5.74) is -0.589. The van der Waals surface area contributed by atoms with Crippen molar-refractivity contribution in [1.82, 2.24) is 9.97 Å². The topological polar surface area (TPSA) is 133 Å². The summed E-state index contributed by atoms with van der Waals surface area (Å²) >= 11 is 0. The van der Waals surface area contributed by atoms with Gasteiger partial charge in [-0.1, -0.05) is 48.5 Å².